The van der Waals surface area contributed by atoms with Crippen LogP contribution in [0, 0.1) is 5.82 Å². The van der Waals surface area contributed by atoms with E-state index >= 15 is 0 Å². The summed E-state index contributed by atoms with van der Waals surface area (Å²) in [4.78, 5) is 48.4. The molecule has 3 aromatic rings. The topological polar surface area (TPSA) is 167 Å². The first kappa shape index (κ1) is 33.0. The number of carboxylic acids is 2. The third-order valence-electron chi connectivity index (χ3n) is 5.13. The van der Waals surface area contributed by atoms with Gasteiger partial charge in [0, 0.05) is 6.20 Å². The summed E-state index contributed by atoms with van der Waals surface area (Å²) in [6, 6.07) is 17.4. The van der Waals surface area contributed by atoms with Gasteiger partial charge in [-0.3, -0.25) is 9.59 Å². The van der Waals surface area contributed by atoms with E-state index in [1.807, 2.05) is 6.07 Å². The highest BCUT2D eigenvalue weighted by atomic mass is 19.4. The van der Waals surface area contributed by atoms with Gasteiger partial charge in [0.05, 0.1) is 19.0 Å². The van der Waals surface area contributed by atoms with Gasteiger partial charge in [-0.25, -0.2) is 19.0 Å². The van der Waals surface area contributed by atoms with E-state index in [-0.39, 0.29) is 25.4 Å². The number of amides is 2. The molecule has 0 fully saturated rings. The van der Waals surface area contributed by atoms with Gasteiger partial charge in [0.25, 0.3) is 0 Å². The molecule has 0 aliphatic carbocycles. The SMILES string of the molecule is O=C(O)C(F)(F)F.O=C(O)CC(NC(=O)CNC(=O)OCCNc1ccccn1)c1ccc(-c2cccc(F)c2)cc1. The summed E-state index contributed by atoms with van der Waals surface area (Å²) in [6.07, 6.45) is -4.59. The molecule has 11 nitrogen and oxygen atoms in total. The fraction of sp³-hybridized carbons (Fsp3) is 0.222. The Morgan fingerprint density at radius 2 is 1.62 bits per heavy atom. The first-order valence-corrected chi connectivity index (χ1v) is 12.1. The van der Waals surface area contributed by atoms with Gasteiger partial charge >= 0.3 is 24.2 Å². The molecule has 42 heavy (non-hydrogen) atoms. The Hall–Kier alpha value is -5.21. The van der Waals surface area contributed by atoms with Crippen LogP contribution in [0.1, 0.15) is 18.0 Å². The molecule has 1 unspecified atom stereocenters. The predicted molar refractivity (Wildman–Crippen MR) is 141 cm³/mol. The Labute approximate surface area is 236 Å². The Morgan fingerprint density at radius 1 is 0.929 bits per heavy atom. The summed E-state index contributed by atoms with van der Waals surface area (Å²) in [5, 5.41) is 24.3. The van der Waals surface area contributed by atoms with Crippen molar-refractivity contribution in [3.63, 3.8) is 0 Å². The van der Waals surface area contributed by atoms with Gasteiger partial charge in [0.1, 0.15) is 24.8 Å². The third kappa shape index (κ3) is 12.3. The Morgan fingerprint density at radius 3 is 2.19 bits per heavy atom. The first-order valence-electron chi connectivity index (χ1n) is 12.1. The summed E-state index contributed by atoms with van der Waals surface area (Å²) in [6.45, 7) is 0.0102. The summed E-state index contributed by atoms with van der Waals surface area (Å²) >= 11 is 0. The Balaban J connectivity index is 0.000000782. The Kier molecular flexibility index (Phi) is 12.7. The van der Waals surface area contributed by atoms with Gasteiger partial charge in [-0.15, -0.1) is 0 Å². The minimum atomic E-state index is -5.08. The number of benzene rings is 2. The maximum Gasteiger partial charge on any atom is 0.490 e. The van der Waals surface area contributed by atoms with Crippen molar-refractivity contribution in [2.45, 2.75) is 18.6 Å². The van der Waals surface area contributed by atoms with E-state index in [9.17, 15) is 37.1 Å². The lowest BCUT2D eigenvalue weighted by Gasteiger charge is -2.18. The monoisotopic (exact) mass is 594 g/mol. The van der Waals surface area contributed by atoms with Crippen molar-refractivity contribution in [2.75, 3.05) is 25.0 Å². The van der Waals surface area contributed by atoms with Gasteiger partial charge in [-0.05, 0) is 41.0 Å². The zero-order valence-corrected chi connectivity index (χ0v) is 21.7. The van der Waals surface area contributed by atoms with Crippen molar-refractivity contribution >= 4 is 29.8 Å². The van der Waals surface area contributed by atoms with E-state index in [1.165, 1.54) is 12.1 Å². The maximum atomic E-state index is 13.5. The normalized spacial score (nSPS) is 11.2. The second kappa shape index (κ2) is 16.2. The van der Waals surface area contributed by atoms with Crippen LogP contribution in [-0.4, -0.2) is 65.0 Å². The molecular weight excluding hydrogens is 568 g/mol. The lowest BCUT2D eigenvalue weighted by Crippen LogP contribution is -2.39. The molecule has 0 radical (unpaired) electrons. The van der Waals surface area contributed by atoms with Crippen molar-refractivity contribution < 1.29 is 51.7 Å². The summed E-state index contributed by atoms with van der Waals surface area (Å²) in [7, 11) is 0. The molecule has 3 rings (SSSR count). The average molecular weight is 595 g/mol. The number of pyridine rings is 1. The number of carbonyl (C=O) groups excluding carboxylic acids is 2. The van der Waals surface area contributed by atoms with Gasteiger partial charge in [0.2, 0.25) is 5.91 Å². The molecule has 0 aliphatic heterocycles. The molecule has 2 aromatic carbocycles. The summed E-state index contributed by atoms with van der Waals surface area (Å²) in [5.41, 5.74) is 1.98. The third-order valence-corrected chi connectivity index (χ3v) is 5.13. The zero-order chi connectivity index (χ0) is 31.1. The number of nitrogens with one attached hydrogen (secondary N) is 3. The van der Waals surface area contributed by atoms with Crippen molar-refractivity contribution in [2.24, 2.45) is 0 Å². The summed E-state index contributed by atoms with van der Waals surface area (Å²) < 4.78 is 50.2. The fourth-order valence-electron chi connectivity index (χ4n) is 3.24. The molecule has 1 atom stereocenters. The van der Waals surface area contributed by atoms with Crippen LogP contribution in [0.4, 0.5) is 28.2 Å². The number of alkyl halides is 3. The van der Waals surface area contributed by atoms with Crippen LogP contribution < -0.4 is 16.0 Å². The van der Waals surface area contributed by atoms with Crippen LogP contribution in [0.5, 0.6) is 0 Å². The van der Waals surface area contributed by atoms with E-state index in [2.05, 4.69) is 20.9 Å². The zero-order valence-electron chi connectivity index (χ0n) is 21.7. The first-order chi connectivity index (χ1) is 19.8. The number of anilines is 1. The molecule has 5 N–H and O–H groups in total. The number of alkyl carbamates (subject to hydrolysis) is 1. The van der Waals surface area contributed by atoms with E-state index in [1.54, 1.807) is 54.7 Å². The quantitative estimate of drug-likeness (QED) is 0.163. The van der Waals surface area contributed by atoms with Crippen molar-refractivity contribution in [3.05, 3.63) is 84.3 Å². The lowest BCUT2D eigenvalue weighted by molar-refractivity contribution is -0.192. The van der Waals surface area contributed by atoms with Crippen LogP contribution in [0.2, 0.25) is 0 Å². The molecular formula is C27H26F4N4O7. The largest absolute Gasteiger partial charge is 0.490 e. The molecule has 15 heteroatoms. The van der Waals surface area contributed by atoms with Gasteiger partial charge in [-0.1, -0.05) is 42.5 Å². The molecule has 0 aliphatic rings. The van der Waals surface area contributed by atoms with Crippen molar-refractivity contribution in [1.29, 1.82) is 0 Å². The van der Waals surface area contributed by atoms with E-state index in [0.717, 1.165) is 5.56 Å². The average Bonchev–Trinajstić information content (AvgIpc) is 2.94. The van der Waals surface area contributed by atoms with Crippen LogP contribution in [-0.2, 0) is 19.1 Å². The fourth-order valence-corrected chi connectivity index (χ4v) is 3.24. The second-order valence-electron chi connectivity index (χ2n) is 8.28. The number of carbonyl (C=O) groups is 4. The molecule has 0 bridgehead atoms. The van der Waals surface area contributed by atoms with Crippen LogP contribution in [0.15, 0.2) is 72.9 Å². The van der Waals surface area contributed by atoms with E-state index in [0.29, 0.717) is 23.5 Å². The smallest absolute Gasteiger partial charge is 0.481 e. The number of hydrogen-bond donors (Lipinski definition) is 5. The minimum absolute atomic E-state index is 0.0589. The number of aliphatic carboxylic acids is 2. The highest BCUT2D eigenvalue weighted by Crippen LogP contribution is 2.24. The predicted octanol–water partition coefficient (Wildman–Crippen LogP) is 3.99. The van der Waals surface area contributed by atoms with E-state index < -0.39 is 36.2 Å². The number of hydrogen-bond acceptors (Lipinski definition) is 7. The molecule has 0 spiro atoms. The van der Waals surface area contributed by atoms with Crippen LogP contribution in [0.25, 0.3) is 11.1 Å². The second-order valence-corrected chi connectivity index (χ2v) is 8.28. The number of halogens is 4. The van der Waals surface area contributed by atoms with E-state index in [4.69, 9.17) is 14.6 Å². The molecule has 0 saturated heterocycles. The van der Waals surface area contributed by atoms with Gasteiger partial charge in [0.15, 0.2) is 0 Å². The molecule has 224 valence electrons. The lowest BCUT2D eigenvalue weighted by atomic mass is 9.99. The van der Waals surface area contributed by atoms with Gasteiger partial charge in [-0.2, -0.15) is 13.2 Å². The number of rotatable bonds is 11. The van der Waals surface area contributed by atoms with Crippen molar-refractivity contribution in [1.82, 2.24) is 15.6 Å². The molecule has 1 aromatic heterocycles. The van der Waals surface area contributed by atoms with Crippen LogP contribution in [0.3, 0.4) is 0 Å². The number of nitrogens with zero attached hydrogens (tertiary/aromatic N) is 1. The Bertz CT molecular complexity index is 1340. The molecule has 1 heterocycles. The number of ether oxygens (including phenoxy) is 1. The molecule has 0 saturated carbocycles. The highest BCUT2D eigenvalue weighted by molar-refractivity contribution is 5.83. The minimum Gasteiger partial charge on any atom is -0.481 e. The highest BCUT2D eigenvalue weighted by Gasteiger charge is 2.38. The number of carboxylic acid groups (broad SMARTS) is 2. The van der Waals surface area contributed by atoms with Crippen molar-refractivity contribution in [3.8, 4) is 11.1 Å². The van der Waals surface area contributed by atoms with Crippen LogP contribution >= 0.6 is 0 Å². The molecule has 2 amide bonds. The summed E-state index contributed by atoms with van der Waals surface area (Å²) in [5.74, 6) is -4.15. The standard InChI is InChI=1S/C25H25FN4O5.C2HF3O2/c26-20-5-3-4-19(14-20)17-7-9-18(10-8-17)21(15-24(32)33)30-23(31)16-29-25(34)35-13-12-28-22-6-1-2-11-27-22;3-2(4,5)1(6)7/h1-11,14,21H,12-13,15-16H2,(H,27,28)(H,29,34)(H,30,31)(H,32,33);(H,6,7). The maximum absolute atomic E-state index is 13.5. The van der Waals surface area contributed by atoms with Gasteiger partial charge < -0.3 is 30.9 Å². The number of aromatic nitrogens is 1.